The number of aryl methyl sites for hydroxylation is 1. The molecule has 2 unspecified atom stereocenters. The van der Waals surface area contributed by atoms with E-state index in [0.717, 1.165) is 6.54 Å². The van der Waals surface area contributed by atoms with E-state index in [1.165, 1.54) is 49.9 Å². The Hall–Kier alpha value is -0.830. The van der Waals surface area contributed by atoms with E-state index in [1.807, 2.05) is 6.33 Å². The first-order valence-electron chi connectivity index (χ1n) is 7.50. The predicted octanol–water partition coefficient (Wildman–Crippen LogP) is 3.10. The van der Waals surface area contributed by atoms with E-state index in [9.17, 15) is 0 Å². The highest BCUT2D eigenvalue weighted by Crippen LogP contribution is 2.22. The molecule has 0 aromatic carbocycles. The zero-order valence-corrected chi connectivity index (χ0v) is 12.1. The smallest absolute Gasteiger partial charge is 0.0954 e. The van der Waals surface area contributed by atoms with E-state index in [4.69, 9.17) is 0 Å². The molecule has 1 heterocycles. The highest BCUT2D eigenvalue weighted by Gasteiger charge is 2.18. The number of nitrogens with one attached hydrogen (secondary N) is 1. The van der Waals surface area contributed by atoms with E-state index < -0.39 is 0 Å². The average molecular weight is 249 g/mol. The summed E-state index contributed by atoms with van der Waals surface area (Å²) in [5.74, 6) is 0. The van der Waals surface area contributed by atoms with Crippen LogP contribution in [0.15, 0.2) is 6.33 Å². The van der Waals surface area contributed by atoms with Gasteiger partial charge in [0.25, 0.3) is 0 Å². The lowest BCUT2D eigenvalue weighted by Gasteiger charge is -2.22. The summed E-state index contributed by atoms with van der Waals surface area (Å²) in [6, 6.07) is 1.13. The average Bonchev–Trinajstić information content (AvgIpc) is 2.80. The molecule has 0 fully saturated rings. The van der Waals surface area contributed by atoms with E-state index in [0.29, 0.717) is 12.1 Å². The van der Waals surface area contributed by atoms with Crippen LogP contribution in [0.25, 0.3) is 0 Å². The van der Waals surface area contributed by atoms with Crippen LogP contribution >= 0.6 is 0 Å². The molecule has 1 aliphatic rings. The third-order valence-corrected chi connectivity index (χ3v) is 4.02. The molecule has 0 saturated heterocycles. The summed E-state index contributed by atoms with van der Waals surface area (Å²) in [6.45, 7) is 7.86. The maximum absolute atomic E-state index is 4.58. The third kappa shape index (κ3) is 3.14. The summed E-state index contributed by atoms with van der Waals surface area (Å²) in [5.41, 5.74) is 2.83. The van der Waals surface area contributed by atoms with E-state index in [1.54, 1.807) is 0 Å². The van der Waals surface area contributed by atoms with Gasteiger partial charge in [-0.3, -0.25) is 0 Å². The minimum atomic E-state index is 0.513. The Morgan fingerprint density at radius 2 is 2.11 bits per heavy atom. The predicted molar refractivity (Wildman–Crippen MR) is 76.0 cm³/mol. The van der Waals surface area contributed by atoms with Crippen molar-refractivity contribution in [2.24, 2.45) is 0 Å². The SMILES string of the molecule is CCCC(C)NCC(C)n1cnc2c1CCCC2. The van der Waals surface area contributed by atoms with Crippen LogP contribution in [0.2, 0.25) is 0 Å². The maximum atomic E-state index is 4.58. The molecular formula is C15H27N3. The molecule has 0 spiro atoms. The molecule has 18 heavy (non-hydrogen) atoms. The fraction of sp³-hybridized carbons (Fsp3) is 0.800. The van der Waals surface area contributed by atoms with Gasteiger partial charge in [0.15, 0.2) is 0 Å². The molecule has 1 N–H and O–H groups in total. The van der Waals surface area contributed by atoms with Crippen molar-refractivity contribution in [3.8, 4) is 0 Å². The Labute approximate surface area is 111 Å². The Balaban J connectivity index is 1.92. The Morgan fingerprint density at radius 1 is 1.33 bits per heavy atom. The maximum Gasteiger partial charge on any atom is 0.0954 e. The summed E-state index contributed by atoms with van der Waals surface area (Å²) >= 11 is 0. The number of rotatable bonds is 6. The molecule has 2 rings (SSSR count). The standard InChI is InChI=1S/C15H27N3/c1-4-7-12(2)16-10-13(3)18-11-17-14-8-5-6-9-15(14)18/h11-13,16H,4-10H2,1-3H3. The number of imidazole rings is 1. The minimum absolute atomic E-state index is 0.513. The second kappa shape index (κ2) is 6.37. The number of hydrogen-bond acceptors (Lipinski definition) is 2. The largest absolute Gasteiger partial charge is 0.330 e. The van der Waals surface area contributed by atoms with Crippen molar-refractivity contribution in [3.63, 3.8) is 0 Å². The first-order valence-corrected chi connectivity index (χ1v) is 7.50. The van der Waals surface area contributed by atoms with Crippen LogP contribution in [0.5, 0.6) is 0 Å². The molecule has 3 nitrogen and oxygen atoms in total. The Kier molecular flexibility index (Phi) is 4.81. The van der Waals surface area contributed by atoms with Gasteiger partial charge in [0.1, 0.15) is 0 Å². The fourth-order valence-corrected chi connectivity index (χ4v) is 2.88. The van der Waals surface area contributed by atoms with E-state index >= 15 is 0 Å². The van der Waals surface area contributed by atoms with Crippen molar-refractivity contribution in [2.75, 3.05) is 6.54 Å². The third-order valence-electron chi connectivity index (χ3n) is 4.02. The van der Waals surface area contributed by atoms with Crippen LogP contribution < -0.4 is 5.32 Å². The number of fused-ring (bicyclic) bond motifs is 1. The lowest BCUT2D eigenvalue weighted by Crippen LogP contribution is -2.31. The summed E-state index contributed by atoms with van der Waals surface area (Å²) in [7, 11) is 0. The van der Waals surface area contributed by atoms with Gasteiger partial charge in [-0.15, -0.1) is 0 Å². The Morgan fingerprint density at radius 3 is 2.89 bits per heavy atom. The summed E-state index contributed by atoms with van der Waals surface area (Å²) in [6.07, 6.45) is 9.58. The zero-order valence-electron chi connectivity index (χ0n) is 12.1. The summed E-state index contributed by atoms with van der Waals surface area (Å²) in [4.78, 5) is 4.58. The first kappa shape index (κ1) is 13.6. The quantitative estimate of drug-likeness (QED) is 0.839. The van der Waals surface area contributed by atoms with Gasteiger partial charge in [-0.2, -0.15) is 0 Å². The van der Waals surface area contributed by atoms with Crippen LogP contribution in [-0.2, 0) is 12.8 Å². The van der Waals surface area contributed by atoms with Crippen molar-refractivity contribution in [1.82, 2.24) is 14.9 Å². The summed E-state index contributed by atoms with van der Waals surface area (Å²) < 4.78 is 2.39. The number of nitrogens with zero attached hydrogens (tertiary/aromatic N) is 2. The van der Waals surface area contributed by atoms with Crippen molar-refractivity contribution in [2.45, 2.75) is 71.4 Å². The van der Waals surface area contributed by atoms with Crippen LogP contribution in [0.3, 0.4) is 0 Å². The molecule has 1 aromatic heterocycles. The first-order chi connectivity index (χ1) is 8.72. The van der Waals surface area contributed by atoms with Gasteiger partial charge in [0, 0.05) is 24.3 Å². The molecule has 1 aliphatic carbocycles. The zero-order chi connectivity index (χ0) is 13.0. The monoisotopic (exact) mass is 249 g/mol. The number of hydrogen-bond donors (Lipinski definition) is 1. The Bertz CT molecular complexity index is 370. The van der Waals surface area contributed by atoms with E-state index in [2.05, 4.69) is 35.6 Å². The second-order valence-corrected chi connectivity index (χ2v) is 5.70. The van der Waals surface area contributed by atoms with Crippen molar-refractivity contribution in [1.29, 1.82) is 0 Å². The number of aromatic nitrogens is 2. The molecule has 0 bridgehead atoms. The van der Waals surface area contributed by atoms with Crippen LogP contribution in [0.4, 0.5) is 0 Å². The van der Waals surface area contributed by atoms with Gasteiger partial charge in [-0.1, -0.05) is 13.3 Å². The van der Waals surface area contributed by atoms with Crippen molar-refractivity contribution < 1.29 is 0 Å². The molecule has 0 amide bonds. The van der Waals surface area contributed by atoms with Crippen molar-refractivity contribution >= 4 is 0 Å². The molecule has 0 radical (unpaired) electrons. The van der Waals surface area contributed by atoms with Gasteiger partial charge in [-0.25, -0.2) is 4.98 Å². The molecule has 102 valence electrons. The van der Waals surface area contributed by atoms with Crippen LogP contribution in [0, 0.1) is 0 Å². The minimum Gasteiger partial charge on any atom is -0.330 e. The van der Waals surface area contributed by atoms with Crippen LogP contribution in [0.1, 0.15) is 63.9 Å². The molecule has 0 saturated carbocycles. The molecule has 2 atom stereocenters. The molecule has 0 aliphatic heterocycles. The van der Waals surface area contributed by atoms with Gasteiger partial charge >= 0.3 is 0 Å². The normalized spacial score (nSPS) is 18.4. The fourth-order valence-electron chi connectivity index (χ4n) is 2.88. The lowest BCUT2D eigenvalue weighted by molar-refractivity contribution is 0.425. The summed E-state index contributed by atoms with van der Waals surface area (Å²) in [5, 5.41) is 3.63. The van der Waals surface area contributed by atoms with Crippen LogP contribution in [-0.4, -0.2) is 22.1 Å². The molecule has 1 aromatic rings. The lowest BCUT2D eigenvalue weighted by atomic mass is 10.0. The van der Waals surface area contributed by atoms with Gasteiger partial charge in [-0.05, 0) is 46.0 Å². The molecule has 3 heteroatoms. The topological polar surface area (TPSA) is 29.9 Å². The highest BCUT2D eigenvalue weighted by atomic mass is 15.1. The van der Waals surface area contributed by atoms with Gasteiger partial charge in [0.2, 0.25) is 0 Å². The van der Waals surface area contributed by atoms with Gasteiger partial charge < -0.3 is 9.88 Å². The second-order valence-electron chi connectivity index (χ2n) is 5.70. The van der Waals surface area contributed by atoms with E-state index in [-0.39, 0.29) is 0 Å². The molecular weight excluding hydrogens is 222 g/mol. The van der Waals surface area contributed by atoms with Crippen molar-refractivity contribution in [3.05, 3.63) is 17.7 Å². The van der Waals surface area contributed by atoms with Gasteiger partial charge in [0.05, 0.1) is 12.0 Å². The highest BCUT2D eigenvalue weighted by molar-refractivity contribution is 5.17.